The lowest BCUT2D eigenvalue weighted by Crippen LogP contribution is -2.56. The molecule has 5 saturated heterocycles. The summed E-state index contributed by atoms with van der Waals surface area (Å²) < 4.78 is 66.5. The lowest BCUT2D eigenvalue weighted by atomic mass is 9.95. The summed E-state index contributed by atoms with van der Waals surface area (Å²) in [6.07, 6.45) is 3.54. The maximum Gasteiger partial charge on any atom is 0.410 e. The molecule has 1 amide bonds. The van der Waals surface area contributed by atoms with E-state index in [1.54, 1.807) is 4.90 Å². The molecule has 17 heteroatoms. The molecule has 10 rings (SSSR count). The Morgan fingerprint density at radius 1 is 1.09 bits per heavy atom. The van der Waals surface area contributed by atoms with Gasteiger partial charge in [-0.25, -0.2) is 18.0 Å². The predicted molar refractivity (Wildman–Crippen MR) is 197 cm³/mol. The Labute approximate surface area is 317 Å². The van der Waals surface area contributed by atoms with E-state index in [2.05, 4.69) is 9.88 Å². The fraction of sp³-hybridized carbons (Fsp3) is 0.553. The molecular weight excluding hydrogens is 738 g/mol. The molecule has 1 aromatic carbocycles. The van der Waals surface area contributed by atoms with Gasteiger partial charge in [0.05, 0.1) is 46.8 Å². The van der Waals surface area contributed by atoms with Crippen LogP contribution in [-0.2, 0) is 9.47 Å². The van der Waals surface area contributed by atoms with Crippen LogP contribution in [0.25, 0.3) is 32.2 Å². The van der Waals surface area contributed by atoms with Gasteiger partial charge in [-0.1, -0.05) is 0 Å². The van der Waals surface area contributed by atoms with Crippen molar-refractivity contribution in [1.82, 2.24) is 24.3 Å². The molecule has 5 atom stereocenters. The van der Waals surface area contributed by atoms with Gasteiger partial charge in [0.2, 0.25) is 0 Å². The van der Waals surface area contributed by atoms with Crippen LogP contribution >= 0.6 is 11.3 Å². The summed E-state index contributed by atoms with van der Waals surface area (Å²) in [5, 5.41) is 10.2. The van der Waals surface area contributed by atoms with Gasteiger partial charge >= 0.3 is 12.1 Å². The highest BCUT2D eigenvalue weighted by Gasteiger charge is 2.50. The first-order valence-corrected chi connectivity index (χ1v) is 19.9. The topological polar surface area (TPSA) is 152 Å². The lowest BCUT2D eigenvalue weighted by Gasteiger charge is -2.41. The summed E-state index contributed by atoms with van der Waals surface area (Å²) in [7, 11) is 0. The van der Waals surface area contributed by atoms with Crippen molar-refractivity contribution < 1.29 is 32.2 Å². The van der Waals surface area contributed by atoms with E-state index in [9.17, 15) is 19.2 Å². The fourth-order valence-corrected chi connectivity index (χ4v) is 10.7. The third kappa shape index (κ3) is 5.54. The lowest BCUT2D eigenvalue weighted by molar-refractivity contribution is 0.0395. The minimum atomic E-state index is -0.991. The smallest absolute Gasteiger partial charge is 0.410 e. The average Bonchev–Trinajstić information content (AvgIpc) is 3.41. The number of piperazine rings is 1. The molecule has 2 N–H and O–H groups in total. The van der Waals surface area contributed by atoms with Crippen molar-refractivity contribution in [3.63, 3.8) is 0 Å². The number of aromatic nitrogens is 3. The fourth-order valence-electron chi connectivity index (χ4n) is 9.78. The second-order valence-electron chi connectivity index (χ2n) is 15.8. The molecule has 0 spiro atoms. The zero-order valence-electron chi connectivity index (χ0n) is 29.9. The van der Waals surface area contributed by atoms with Crippen molar-refractivity contribution in [2.24, 2.45) is 0 Å². The van der Waals surface area contributed by atoms with E-state index in [4.69, 9.17) is 24.9 Å². The van der Waals surface area contributed by atoms with Crippen LogP contribution in [0.15, 0.2) is 16.9 Å². The van der Waals surface area contributed by atoms with Gasteiger partial charge in [0.15, 0.2) is 5.82 Å². The van der Waals surface area contributed by atoms with Crippen molar-refractivity contribution in [2.45, 2.75) is 87.3 Å². The normalized spacial score (nSPS) is 27.7. The number of carbonyl (C=O) groups is 1. The number of hydrogen-bond acceptors (Lipinski definition) is 12. The van der Waals surface area contributed by atoms with E-state index in [-0.39, 0.29) is 85.5 Å². The number of fused-ring (bicyclic) bond motifs is 5. The summed E-state index contributed by atoms with van der Waals surface area (Å²) in [6.45, 7) is 2.68. The number of hydrogen-bond donors (Lipinski definition) is 1. The van der Waals surface area contributed by atoms with Crippen LogP contribution in [0.2, 0.25) is 0 Å². The minimum absolute atomic E-state index is 0.00614. The maximum atomic E-state index is 17.6. The zero-order valence-corrected chi connectivity index (χ0v) is 30.8. The molecule has 3 unspecified atom stereocenters. The molecule has 13 nitrogen and oxygen atoms in total. The van der Waals surface area contributed by atoms with Crippen molar-refractivity contribution in [2.75, 3.05) is 56.6 Å². The van der Waals surface area contributed by atoms with Crippen molar-refractivity contribution in [1.29, 1.82) is 5.26 Å². The highest BCUT2D eigenvalue weighted by Crippen LogP contribution is 2.46. The third-order valence-electron chi connectivity index (χ3n) is 12.4. The number of nitrogens with zero attached hydrogens (tertiary/aromatic N) is 7. The Hall–Kier alpha value is -4.66. The number of carbonyl (C=O) groups excluding carboxylic acids is 1. The zero-order chi connectivity index (χ0) is 37.7. The van der Waals surface area contributed by atoms with Gasteiger partial charge in [-0.3, -0.25) is 14.6 Å². The second kappa shape index (κ2) is 13.0. The number of anilines is 2. The monoisotopic (exact) mass is 776 g/mol. The quantitative estimate of drug-likeness (QED) is 0.261. The number of alkyl halides is 1. The number of amides is 1. The van der Waals surface area contributed by atoms with E-state index in [0.29, 0.717) is 71.4 Å². The largest absolute Gasteiger partial charge is 0.461 e. The molecule has 0 radical (unpaired) electrons. The van der Waals surface area contributed by atoms with E-state index >= 15 is 8.78 Å². The van der Waals surface area contributed by atoms with Crippen LogP contribution in [0.1, 0.15) is 63.0 Å². The first-order valence-electron chi connectivity index (χ1n) is 19.0. The van der Waals surface area contributed by atoms with E-state index < -0.39 is 35.0 Å². The van der Waals surface area contributed by atoms with Gasteiger partial charge in [-0.15, -0.1) is 11.3 Å². The highest BCUT2D eigenvalue weighted by molar-refractivity contribution is 7.23. The van der Waals surface area contributed by atoms with Gasteiger partial charge in [-0.2, -0.15) is 15.2 Å². The summed E-state index contributed by atoms with van der Waals surface area (Å²) >= 11 is 0.893. The molecular formula is C38H39F3N8O5S. The third-order valence-corrected chi connectivity index (χ3v) is 13.5. The van der Waals surface area contributed by atoms with Crippen LogP contribution in [0, 0.1) is 23.0 Å². The Balaban J connectivity index is 1.12. The predicted octanol–water partition coefficient (Wildman–Crippen LogP) is 5.27. The number of halogens is 3. The number of ether oxygens (including phenoxy) is 3. The van der Waals surface area contributed by atoms with Crippen molar-refractivity contribution >= 4 is 49.2 Å². The molecule has 6 aliphatic rings. The first kappa shape index (κ1) is 34.8. The van der Waals surface area contributed by atoms with E-state index in [1.165, 1.54) is 16.7 Å². The molecule has 4 aromatic rings. The number of nitriles is 1. The maximum absolute atomic E-state index is 17.6. The Morgan fingerprint density at radius 3 is 2.60 bits per heavy atom. The molecule has 1 aliphatic carbocycles. The van der Waals surface area contributed by atoms with Gasteiger partial charge in [0, 0.05) is 49.5 Å². The minimum Gasteiger partial charge on any atom is -0.461 e. The van der Waals surface area contributed by atoms with Crippen LogP contribution < -0.4 is 20.9 Å². The average molecular weight is 777 g/mol. The molecule has 8 heterocycles. The Bertz CT molecular complexity index is 2340. The number of benzene rings is 1. The molecule has 6 fully saturated rings. The molecule has 1 saturated carbocycles. The molecule has 3 aromatic heterocycles. The Kier molecular flexibility index (Phi) is 8.20. The molecule has 288 valence electrons. The number of pyridine rings is 1. The van der Waals surface area contributed by atoms with Gasteiger partial charge in [-0.05, 0) is 57.2 Å². The highest BCUT2D eigenvalue weighted by atomic mass is 32.1. The van der Waals surface area contributed by atoms with Gasteiger partial charge in [0.1, 0.15) is 52.5 Å². The van der Waals surface area contributed by atoms with Crippen LogP contribution in [0.5, 0.6) is 6.01 Å². The number of thiophene rings is 1. The van der Waals surface area contributed by atoms with Crippen molar-refractivity contribution in [3.8, 4) is 23.3 Å². The van der Waals surface area contributed by atoms with Crippen LogP contribution in [-0.4, -0.2) is 106 Å². The summed E-state index contributed by atoms with van der Waals surface area (Å²) in [6, 6.07) is 3.61. The second-order valence-corrected chi connectivity index (χ2v) is 16.9. The standard InChI is InChI=1S/C38H39F3N8O5S/c39-19-12-38(9-1-10-47(38)14-19)18-53-36-44-30-28(34(45-36)46-15-21-4-5-22(16-46)48(21)37(51)54-23-8-11-52-17-23)35(50)49(20-2-3-20)31(29(30)41)24-6-7-26(40)32-27(24)25(13-42)33(43)55-32/h6-7,19-23H,1-5,8-12,14-18,43H2/t19-,21?,22?,23?,38+/m1/s1. The number of nitrogens with two attached hydrogens (primary N) is 1. The first-order chi connectivity index (χ1) is 26.6. The van der Waals surface area contributed by atoms with E-state index in [0.717, 1.165) is 30.7 Å². The number of rotatable bonds is 7. The van der Waals surface area contributed by atoms with Crippen LogP contribution in [0.3, 0.4) is 0 Å². The van der Waals surface area contributed by atoms with Crippen molar-refractivity contribution in [3.05, 3.63) is 39.7 Å². The molecule has 55 heavy (non-hydrogen) atoms. The Morgan fingerprint density at radius 2 is 1.87 bits per heavy atom. The van der Waals surface area contributed by atoms with Crippen LogP contribution in [0.4, 0.5) is 28.8 Å². The summed E-state index contributed by atoms with van der Waals surface area (Å²) in [4.78, 5) is 43.5. The summed E-state index contributed by atoms with van der Waals surface area (Å²) in [5.41, 5.74) is 4.86. The molecule has 2 bridgehead atoms. The number of nitrogen functional groups attached to an aromatic ring is 1. The summed E-state index contributed by atoms with van der Waals surface area (Å²) in [5.74, 6) is -1.27. The SMILES string of the molecule is N#Cc1c(N)sc2c(F)ccc(-c3c(F)c4nc(OC[C@@]56CCCN5C[C@H](F)C6)nc(N5CC6CCC(C5)N6C(=O)OC5CCOC5)c4c(=O)n3C3CC3)c12. The molecule has 5 aliphatic heterocycles. The van der Waals surface area contributed by atoms with Gasteiger partial charge < -0.3 is 29.4 Å². The van der Waals surface area contributed by atoms with E-state index in [1.807, 2.05) is 11.0 Å². The van der Waals surface area contributed by atoms with Gasteiger partial charge in [0.25, 0.3) is 5.56 Å².